The molecule has 0 aliphatic rings. The molecule has 82 valence electrons. The zero-order chi connectivity index (χ0) is 11.6. The van der Waals surface area contributed by atoms with E-state index in [4.69, 9.17) is 5.21 Å². The van der Waals surface area contributed by atoms with E-state index in [1.54, 1.807) is 0 Å². The molecule has 0 saturated carbocycles. The van der Waals surface area contributed by atoms with Crippen LogP contribution in [0.25, 0.3) is 0 Å². The lowest BCUT2D eigenvalue weighted by Gasteiger charge is -2.09. The Labute approximate surface area is 91.0 Å². The van der Waals surface area contributed by atoms with E-state index in [9.17, 15) is 18.0 Å². The second kappa shape index (κ2) is 4.19. The Morgan fingerprint density at radius 3 is 2.47 bits per heavy atom. The summed E-state index contributed by atoms with van der Waals surface area (Å²) in [6, 6.07) is 2.57. The molecule has 1 aromatic rings. The maximum absolute atomic E-state index is 12.3. The normalized spacial score (nSPS) is 11.3. The number of hydroxylamine groups is 1. The minimum atomic E-state index is -4.52. The summed E-state index contributed by atoms with van der Waals surface area (Å²) in [5, 5.41) is 8.30. The largest absolute Gasteiger partial charge is 0.416 e. The molecule has 0 radical (unpaired) electrons. The number of hydrogen-bond acceptors (Lipinski definition) is 2. The maximum Gasteiger partial charge on any atom is 0.416 e. The number of carbonyl (C=O) groups excluding carboxylic acids is 1. The van der Waals surface area contributed by atoms with Crippen molar-refractivity contribution in [1.29, 1.82) is 0 Å². The molecule has 2 N–H and O–H groups in total. The molecule has 0 atom stereocenters. The van der Waals surface area contributed by atoms with Crippen LogP contribution < -0.4 is 5.48 Å². The van der Waals surface area contributed by atoms with E-state index < -0.39 is 17.6 Å². The Hall–Kier alpha value is -1.08. The van der Waals surface area contributed by atoms with E-state index >= 15 is 0 Å². The van der Waals surface area contributed by atoms with Crippen molar-refractivity contribution >= 4 is 21.8 Å². The number of amides is 1. The molecule has 0 aliphatic carbocycles. The van der Waals surface area contributed by atoms with Crippen molar-refractivity contribution in [1.82, 2.24) is 5.48 Å². The smallest absolute Gasteiger partial charge is 0.288 e. The minimum absolute atomic E-state index is 0.169. The van der Waals surface area contributed by atoms with Crippen LogP contribution >= 0.6 is 15.9 Å². The Morgan fingerprint density at radius 1 is 1.40 bits per heavy atom. The summed E-state index contributed by atoms with van der Waals surface area (Å²) in [5.74, 6) is -1.01. The zero-order valence-electron chi connectivity index (χ0n) is 7.10. The van der Waals surface area contributed by atoms with Gasteiger partial charge in [0.05, 0.1) is 11.1 Å². The van der Waals surface area contributed by atoms with Gasteiger partial charge in [-0.3, -0.25) is 10.0 Å². The average molecular weight is 284 g/mol. The fourth-order valence-electron chi connectivity index (χ4n) is 0.936. The van der Waals surface area contributed by atoms with Gasteiger partial charge in [-0.15, -0.1) is 0 Å². The summed E-state index contributed by atoms with van der Waals surface area (Å²) in [4.78, 5) is 11.0. The van der Waals surface area contributed by atoms with E-state index in [2.05, 4.69) is 15.9 Å². The summed E-state index contributed by atoms with van der Waals surface area (Å²) < 4.78 is 36.9. The molecule has 1 amide bonds. The quantitative estimate of drug-likeness (QED) is 0.615. The topological polar surface area (TPSA) is 49.3 Å². The van der Waals surface area contributed by atoms with Gasteiger partial charge in [-0.2, -0.15) is 13.2 Å². The molecule has 0 bridgehead atoms. The molecule has 0 unspecified atom stereocenters. The highest BCUT2D eigenvalue weighted by molar-refractivity contribution is 9.10. The third-order valence-electron chi connectivity index (χ3n) is 1.64. The van der Waals surface area contributed by atoms with Gasteiger partial charge in [0.25, 0.3) is 5.91 Å². The van der Waals surface area contributed by atoms with Crippen LogP contribution in [-0.4, -0.2) is 11.1 Å². The van der Waals surface area contributed by atoms with Crippen molar-refractivity contribution < 1.29 is 23.2 Å². The molecule has 0 aliphatic heterocycles. The number of nitrogens with one attached hydrogen (secondary N) is 1. The first-order valence-electron chi connectivity index (χ1n) is 3.67. The summed E-state index contributed by atoms with van der Waals surface area (Å²) in [6.07, 6.45) is -4.52. The van der Waals surface area contributed by atoms with Gasteiger partial charge >= 0.3 is 6.18 Å². The molecule has 15 heavy (non-hydrogen) atoms. The lowest BCUT2D eigenvalue weighted by atomic mass is 10.1. The van der Waals surface area contributed by atoms with E-state index in [0.29, 0.717) is 6.07 Å². The summed E-state index contributed by atoms with van der Waals surface area (Å²) in [7, 11) is 0. The van der Waals surface area contributed by atoms with Gasteiger partial charge in [-0.25, -0.2) is 5.48 Å². The van der Waals surface area contributed by atoms with Gasteiger partial charge in [-0.05, 0) is 34.1 Å². The van der Waals surface area contributed by atoms with Crippen molar-refractivity contribution in [3.05, 3.63) is 33.8 Å². The van der Waals surface area contributed by atoms with Crippen LogP contribution in [0.5, 0.6) is 0 Å². The van der Waals surface area contributed by atoms with Gasteiger partial charge in [0.15, 0.2) is 0 Å². The molecule has 0 fully saturated rings. The zero-order valence-corrected chi connectivity index (χ0v) is 8.69. The molecule has 0 heterocycles. The number of rotatable bonds is 1. The molecule has 1 aromatic carbocycles. The number of hydrogen-bond donors (Lipinski definition) is 2. The maximum atomic E-state index is 12.3. The van der Waals surface area contributed by atoms with Crippen LogP contribution in [0.4, 0.5) is 13.2 Å². The first kappa shape index (κ1) is 12.0. The van der Waals surface area contributed by atoms with Crippen LogP contribution in [0.3, 0.4) is 0 Å². The van der Waals surface area contributed by atoms with Crippen LogP contribution in [0.2, 0.25) is 0 Å². The van der Waals surface area contributed by atoms with Gasteiger partial charge in [-0.1, -0.05) is 0 Å². The molecule has 0 saturated heterocycles. The van der Waals surface area contributed by atoms with Gasteiger partial charge in [0.1, 0.15) is 0 Å². The highest BCUT2D eigenvalue weighted by Crippen LogP contribution is 2.31. The number of carbonyl (C=O) groups is 1. The third kappa shape index (κ3) is 2.69. The van der Waals surface area contributed by atoms with Crippen LogP contribution in [0.15, 0.2) is 22.7 Å². The van der Waals surface area contributed by atoms with Gasteiger partial charge in [0, 0.05) is 4.47 Å². The van der Waals surface area contributed by atoms with E-state index in [1.807, 2.05) is 0 Å². The molecule has 7 heteroatoms. The Bertz CT molecular complexity index is 392. The second-order valence-electron chi connectivity index (χ2n) is 2.63. The molecule has 0 aromatic heterocycles. The predicted octanol–water partition coefficient (Wildman–Crippen LogP) is 2.59. The standard InChI is InChI=1S/C8H5BrF3NO2/c9-6-2-1-4(8(10,11)12)3-5(6)7(14)13-15/h1-3,15H,(H,13,14). The number of benzene rings is 1. The first-order chi connectivity index (χ1) is 6.86. The molecule has 3 nitrogen and oxygen atoms in total. The third-order valence-corrected chi connectivity index (χ3v) is 2.33. The van der Waals surface area contributed by atoms with Crippen LogP contribution in [0.1, 0.15) is 15.9 Å². The lowest BCUT2D eigenvalue weighted by molar-refractivity contribution is -0.137. The predicted molar refractivity (Wildman–Crippen MR) is 48.4 cm³/mol. The average Bonchev–Trinajstić information content (AvgIpc) is 2.15. The Balaban J connectivity index is 3.23. The molecule has 1 rings (SSSR count). The van der Waals surface area contributed by atoms with Gasteiger partial charge in [0.2, 0.25) is 0 Å². The van der Waals surface area contributed by atoms with E-state index in [-0.39, 0.29) is 10.0 Å². The van der Waals surface area contributed by atoms with Crippen molar-refractivity contribution in [2.45, 2.75) is 6.18 Å². The Morgan fingerprint density at radius 2 is 2.00 bits per heavy atom. The van der Waals surface area contributed by atoms with Crippen molar-refractivity contribution in [3.63, 3.8) is 0 Å². The van der Waals surface area contributed by atoms with Crippen molar-refractivity contribution in [2.75, 3.05) is 0 Å². The van der Waals surface area contributed by atoms with Crippen molar-refractivity contribution in [3.8, 4) is 0 Å². The fourth-order valence-corrected chi connectivity index (χ4v) is 1.36. The molecule has 0 spiro atoms. The second-order valence-corrected chi connectivity index (χ2v) is 3.49. The van der Waals surface area contributed by atoms with Crippen molar-refractivity contribution in [2.24, 2.45) is 0 Å². The van der Waals surface area contributed by atoms with Crippen LogP contribution in [0, 0.1) is 0 Å². The summed E-state index contributed by atoms with van der Waals surface area (Å²) >= 11 is 2.90. The monoisotopic (exact) mass is 283 g/mol. The number of halogens is 4. The number of alkyl halides is 3. The lowest BCUT2D eigenvalue weighted by Crippen LogP contribution is -2.20. The molecular formula is C8H5BrF3NO2. The summed E-state index contributed by atoms with van der Waals surface area (Å²) in [6.45, 7) is 0. The summed E-state index contributed by atoms with van der Waals surface area (Å²) in [5.41, 5.74) is 0.0252. The van der Waals surface area contributed by atoms with E-state index in [0.717, 1.165) is 12.1 Å². The van der Waals surface area contributed by atoms with Gasteiger partial charge < -0.3 is 0 Å². The first-order valence-corrected chi connectivity index (χ1v) is 4.46. The minimum Gasteiger partial charge on any atom is -0.288 e. The van der Waals surface area contributed by atoms with E-state index in [1.165, 1.54) is 5.48 Å². The fraction of sp³-hybridized carbons (Fsp3) is 0.125. The highest BCUT2D eigenvalue weighted by atomic mass is 79.9. The Kier molecular flexibility index (Phi) is 3.35. The van der Waals surface area contributed by atoms with Crippen LogP contribution in [-0.2, 0) is 6.18 Å². The molecular weight excluding hydrogens is 279 g/mol. The SMILES string of the molecule is O=C(NO)c1cc(C(F)(F)F)ccc1Br. The highest BCUT2D eigenvalue weighted by Gasteiger charge is 2.31.